The maximum Gasteiger partial charge on any atom is -0.0355 e. The largest absolute Gasteiger partial charge is 0.0651 e. The van der Waals surface area contributed by atoms with Gasteiger partial charge in [0.15, 0.2) is 0 Å². The van der Waals surface area contributed by atoms with Crippen LogP contribution in [0.4, 0.5) is 0 Å². The molecule has 0 aromatic rings. The molecule has 0 heterocycles. The molecule has 0 saturated heterocycles. The average molecular weight is 168 g/mol. The van der Waals surface area contributed by atoms with Crippen molar-refractivity contribution in [3.05, 3.63) is 0 Å². The zero-order valence-corrected chi connectivity index (χ0v) is 9.30. The summed E-state index contributed by atoms with van der Waals surface area (Å²) in [5, 5.41) is 0. The number of hydrogen-bond donors (Lipinski definition) is 0. The SMILES string of the molecule is CCC1C(C)C(CC(C)C)C1C. The highest BCUT2D eigenvalue weighted by atomic mass is 14.5. The van der Waals surface area contributed by atoms with Gasteiger partial charge in [-0.05, 0) is 36.0 Å². The van der Waals surface area contributed by atoms with Gasteiger partial charge in [0.25, 0.3) is 0 Å². The van der Waals surface area contributed by atoms with Crippen LogP contribution in [-0.2, 0) is 0 Å². The van der Waals surface area contributed by atoms with Crippen LogP contribution in [-0.4, -0.2) is 0 Å². The zero-order chi connectivity index (χ0) is 9.30. The first-order chi connectivity index (χ1) is 5.57. The minimum absolute atomic E-state index is 0.887. The fraction of sp³-hybridized carbons (Fsp3) is 1.00. The van der Waals surface area contributed by atoms with Crippen LogP contribution >= 0.6 is 0 Å². The topological polar surface area (TPSA) is 0 Å². The Morgan fingerprint density at radius 3 is 1.83 bits per heavy atom. The summed E-state index contributed by atoms with van der Waals surface area (Å²) < 4.78 is 0. The number of rotatable bonds is 3. The van der Waals surface area contributed by atoms with E-state index in [0.717, 1.165) is 29.6 Å². The van der Waals surface area contributed by atoms with Crippen molar-refractivity contribution in [1.29, 1.82) is 0 Å². The third-order valence-corrected chi connectivity index (χ3v) is 3.92. The van der Waals surface area contributed by atoms with Crippen molar-refractivity contribution in [3.63, 3.8) is 0 Å². The van der Waals surface area contributed by atoms with Gasteiger partial charge in [-0.15, -0.1) is 0 Å². The Labute approximate surface area is 77.7 Å². The molecule has 0 nitrogen and oxygen atoms in total. The van der Waals surface area contributed by atoms with Gasteiger partial charge in [-0.2, -0.15) is 0 Å². The van der Waals surface area contributed by atoms with Crippen molar-refractivity contribution in [2.75, 3.05) is 0 Å². The molecule has 0 bridgehead atoms. The van der Waals surface area contributed by atoms with E-state index in [9.17, 15) is 0 Å². The molecular weight excluding hydrogens is 144 g/mol. The molecule has 12 heavy (non-hydrogen) atoms. The van der Waals surface area contributed by atoms with Crippen molar-refractivity contribution in [2.45, 2.75) is 47.5 Å². The molecule has 2 atom stereocenters. The Bertz CT molecular complexity index is 127. The molecule has 2 unspecified atom stereocenters. The normalized spacial score (nSPS) is 41.5. The molecule has 1 saturated carbocycles. The molecule has 1 fully saturated rings. The molecule has 1 aliphatic carbocycles. The molecule has 1 rings (SSSR count). The van der Waals surface area contributed by atoms with Crippen molar-refractivity contribution >= 4 is 0 Å². The van der Waals surface area contributed by atoms with Gasteiger partial charge in [0.1, 0.15) is 0 Å². The third kappa shape index (κ3) is 1.67. The van der Waals surface area contributed by atoms with Crippen LogP contribution in [0.3, 0.4) is 0 Å². The zero-order valence-electron chi connectivity index (χ0n) is 9.30. The van der Waals surface area contributed by atoms with Crippen molar-refractivity contribution in [2.24, 2.45) is 29.6 Å². The molecule has 0 N–H and O–H groups in total. The summed E-state index contributed by atoms with van der Waals surface area (Å²) in [6.07, 6.45) is 2.83. The van der Waals surface area contributed by atoms with E-state index in [-0.39, 0.29) is 0 Å². The lowest BCUT2D eigenvalue weighted by Gasteiger charge is -2.50. The van der Waals surface area contributed by atoms with Gasteiger partial charge in [-0.25, -0.2) is 0 Å². The van der Waals surface area contributed by atoms with Gasteiger partial charge in [-0.3, -0.25) is 0 Å². The Morgan fingerprint density at radius 2 is 1.50 bits per heavy atom. The monoisotopic (exact) mass is 168 g/mol. The van der Waals surface area contributed by atoms with Gasteiger partial charge in [-0.1, -0.05) is 41.0 Å². The second-order valence-electron chi connectivity index (χ2n) is 5.08. The van der Waals surface area contributed by atoms with E-state index in [2.05, 4.69) is 34.6 Å². The highest BCUT2D eigenvalue weighted by Gasteiger charge is 2.43. The van der Waals surface area contributed by atoms with Crippen LogP contribution in [0, 0.1) is 29.6 Å². The van der Waals surface area contributed by atoms with Crippen LogP contribution in [0.1, 0.15) is 47.5 Å². The Hall–Kier alpha value is 0. The van der Waals surface area contributed by atoms with Gasteiger partial charge >= 0.3 is 0 Å². The number of hydrogen-bond acceptors (Lipinski definition) is 0. The fourth-order valence-electron chi connectivity index (χ4n) is 3.16. The first-order valence-corrected chi connectivity index (χ1v) is 5.57. The molecule has 0 radical (unpaired) electrons. The van der Waals surface area contributed by atoms with E-state index in [1.807, 2.05) is 0 Å². The maximum atomic E-state index is 2.45. The summed E-state index contributed by atoms with van der Waals surface area (Å²) in [5.74, 6) is 4.92. The lowest BCUT2D eigenvalue weighted by molar-refractivity contribution is -0.0135. The Kier molecular flexibility index (Phi) is 3.20. The summed E-state index contributed by atoms with van der Waals surface area (Å²) in [6.45, 7) is 11.9. The summed E-state index contributed by atoms with van der Waals surface area (Å²) in [4.78, 5) is 0. The summed E-state index contributed by atoms with van der Waals surface area (Å²) in [5.41, 5.74) is 0. The Morgan fingerprint density at radius 1 is 1.00 bits per heavy atom. The van der Waals surface area contributed by atoms with E-state index in [1.54, 1.807) is 0 Å². The summed E-state index contributed by atoms with van der Waals surface area (Å²) >= 11 is 0. The third-order valence-electron chi connectivity index (χ3n) is 3.92. The van der Waals surface area contributed by atoms with E-state index in [1.165, 1.54) is 12.8 Å². The van der Waals surface area contributed by atoms with Crippen molar-refractivity contribution in [1.82, 2.24) is 0 Å². The van der Waals surface area contributed by atoms with Gasteiger partial charge < -0.3 is 0 Å². The second-order valence-corrected chi connectivity index (χ2v) is 5.08. The smallest absolute Gasteiger partial charge is 0.0355 e. The summed E-state index contributed by atoms with van der Waals surface area (Å²) in [7, 11) is 0. The van der Waals surface area contributed by atoms with Gasteiger partial charge in [0, 0.05) is 0 Å². The van der Waals surface area contributed by atoms with Gasteiger partial charge in [0.05, 0.1) is 0 Å². The molecule has 0 aliphatic heterocycles. The predicted molar refractivity (Wildman–Crippen MR) is 55.1 cm³/mol. The quantitative estimate of drug-likeness (QED) is 0.598. The maximum absolute atomic E-state index is 2.45. The fourth-order valence-corrected chi connectivity index (χ4v) is 3.16. The van der Waals surface area contributed by atoms with E-state index in [0.29, 0.717) is 0 Å². The van der Waals surface area contributed by atoms with Crippen molar-refractivity contribution < 1.29 is 0 Å². The van der Waals surface area contributed by atoms with E-state index < -0.39 is 0 Å². The highest BCUT2D eigenvalue weighted by Crippen LogP contribution is 2.49. The molecule has 0 aromatic heterocycles. The highest BCUT2D eigenvalue weighted by molar-refractivity contribution is 4.91. The lowest BCUT2D eigenvalue weighted by atomic mass is 9.55. The molecule has 1 aliphatic rings. The Balaban J connectivity index is 2.39. The minimum atomic E-state index is 0.887. The molecule has 0 spiro atoms. The predicted octanol–water partition coefficient (Wildman–Crippen LogP) is 3.96. The first kappa shape index (κ1) is 10.1. The molecule has 0 amide bonds. The minimum Gasteiger partial charge on any atom is -0.0651 e. The second kappa shape index (κ2) is 3.81. The van der Waals surface area contributed by atoms with Crippen LogP contribution in [0.2, 0.25) is 0 Å². The van der Waals surface area contributed by atoms with E-state index >= 15 is 0 Å². The standard InChI is InChI=1S/C12H24/c1-6-11-9(4)12(10(11)5)7-8(2)3/h8-12H,6-7H2,1-5H3. The van der Waals surface area contributed by atoms with Crippen LogP contribution in [0.15, 0.2) is 0 Å². The van der Waals surface area contributed by atoms with E-state index in [4.69, 9.17) is 0 Å². The first-order valence-electron chi connectivity index (χ1n) is 5.57. The lowest BCUT2D eigenvalue weighted by Crippen LogP contribution is -2.43. The van der Waals surface area contributed by atoms with Crippen LogP contribution in [0.5, 0.6) is 0 Å². The molecule has 72 valence electrons. The molecular formula is C12H24. The van der Waals surface area contributed by atoms with Gasteiger partial charge in [0.2, 0.25) is 0 Å². The van der Waals surface area contributed by atoms with Crippen LogP contribution in [0.25, 0.3) is 0 Å². The van der Waals surface area contributed by atoms with Crippen LogP contribution < -0.4 is 0 Å². The summed E-state index contributed by atoms with van der Waals surface area (Å²) in [6, 6.07) is 0. The average Bonchev–Trinajstić information content (AvgIpc) is 2.01. The molecule has 0 aromatic carbocycles. The molecule has 0 heteroatoms. The van der Waals surface area contributed by atoms with Crippen molar-refractivity contribution in [3.8, 4) is 0 Å².